The Balaban J connectivity index is 2.50. The van der Waals surface area contributed by atoms with Crippen LogP contribution in [-0.2, 0) is 20.9 Å². The number of carbonyl (C=O) groups excluding carboxylic acids is 1. The maximum atomic E-state index is 11.8. The van der Waals surface area contributed by atoms with E-state index >= 15 is 0 Å². The molecule has 0 spiro atoms. The summed E-state index contributed by atoms with van der Waals surface area (Å²) in [6, 6.07) is 6.91. The van der Waals surface area contributed by atoms with Crippen molar-refractivity contribution in [1.82, 2.24) is 0 Å². The number of nitrogens with two attached hydrogens (primary N) is 1. The number of ether oxygens (including phenoxy) is 2. The smallest absolute Gasteiger partial charge is 0.241 e. The molecule has 20 heavy (non-hydrogen) atoms. The number of benzene rings is 1. The van der Waals surface area contributed by atoms with Crippen LogP contribution in [0.1, 0.15) is 12.0 Å². The Bertz CT molecular complexity index is 435. The highest BCUT2D eigenvalue weighted by atomic mass is 16.5. The molecule has 1 aromatic carbocycles. The second kappa shape index (κ2) is 9.25. The fourth-order valence-electron chi connectivity index (χ4n) is 1.59. The van der Waals surface area contributed by atoms with Crippen molar-refractivity contribution in [2.75, 3.05) is 25.6 Å². The highest BCUT2D eigenvalue weighted by molar-refractivity contribution is 5.94. The second-order valence-electron chi connectivity index (χ2n) is 4.37. The van der Waals surface area contributed by atoms with Crippen molar-refractivity contribution in [2.45, 2.75) is 19.1 Å². The molecule has 0 heterocycles. The molecule has 3 N–H and O–H groups in total. The molecule has 0 aliphatic heterocycles. The molecule has 0 saturated heterocycles. The molecule has 0 fully saturated rings. The van der Waals surface area contributed by atoms with Crippen molar-refractivity contribution in [1.29, 1.82) is 0 Å². The molecule has 5 heteroatoms. The molecule has 110 valence electrons. The Morgan fingerprint density at radius 3 is 3.00 bits per heavy atom. The van der Waals surface area contributed by atoms with Crippen LogP contribution in [0.5, 0.6) is 0 Å². The van der Waals surface area contributed by atoms with Gasteiger partial charge in [-0.2, -0.15) is 0 Å². The Hall–Kier alpha value is -1.69. The van der Waals surface area contributed by atoms with Gasteiger partial charge < -0.3 is 20.5 Å². The van der Waals surface area contributed by atoms with Crippen LogP contribution in [0.15, 0.2) is 36.9 Å². The number of hydrogen-bond donors (Lipinski definition) is 2. The minimum atomic E-state index is -0.575. The van der Waals surface area contributed by atoms with E-state index in [9.17, 15) is 4.79 Å². The van der Waals surface area contributed by atoms with Crippen LogP contribution >= 0.6 is 0 Å². The van der Waals surface area contributed by atoms with Crippen molar-refractivity contribution in [2.24, 2.45) is 5.73 Å². The summed E-state index contributed by atoms with van der Waals surface area (Å²) in [6.45, 7) is 5.15. The molecule has 1 atom stereocenters. The van der Waals surface area contributed by atoms with Crippen LogP contribution in [0, 0.1) is 0 Å². The lowest BCUT2D eigenvalue weighted by Crippen LogP contribution is -2.35. The van der Waals surface area contributed by atoms with Gasteiger partial charge in [-0.15, -0.1) is 6.58 Å². The molecule has 5 nitrogen and oxygen atoms in total. The summed E-state index contributed by atoms with van der Waals surface area (Å²) in [4.78, 5) is 11.8. The van der Waals surface area contributed by atoms with E-state index in [1.54, 1.807) is 13.2 Å². The lowest BCUT2D eigenvalue weighted by atomic mass is 10.2. The first kappa shape index (κ1) is 16.4. The zero-order chi connectivity index (χ0) is 14.8. The van der Waals surface area contributed by atoms with E-state index in [2.05, 4.69) is 11.9 Å². The van der Waals surface area contributed by atoms with Crippen LogP contribution in [0.3, 0.4) is 0 Å². The zero-order valence-corrected chi connectivity index (χ0v) is 11.8. The maximum absolute atomic E-state index is 11.8. The third-order valence-electron chi connectivity index (χ3n) is 2.65. The summed E-state index contributed by atoms with van der Waals surface area (Å²) >= 11 is 0. The predicted molar refractivity (Wildman–Crippen MR) is 79.4 cm³/mol. The Morgan fingerprint density at radius 1 is 1.50 bits per heavy atom. The quantitative estimate of drug-likeness (QED) is 0.532. The molecule has 0 aliphatic carbocycles. The van der Waals surface area contributed by atoms with Crippen molar-refractivity contribution < 1.29 is 14.3 Å². The largest absolute Gasteiger partial charge is 0.382 e. The maximum Gasteiger partial charge on any atom is 0.241 e. The molecule has 0 radical (unpaired) electrons. The molecule has 1 rings (SSSR count). The summed E-state index contributed by atoms with van der Waals surface area (Å²) in [5.41, 5.74) is 7.40. The second-order valence-corrected chi connectivity index (χ2v) is 4.37. The minimum absolute atomic E-state index is 0.220. The van der Waals surface area contributed by atoms with Crippen molar-refractivity contribution >= 4 is 11.6 Å². The van der Waals surface area contributed by atoms with Crippen molar-refractivity contribution in [3.63, 3.8) is 0 Å². The Labute approximate surface area is 119 Å². The van der Waals surface area contributed by atoms with Crippen molar-refractivity contribution in [3.8, 4) is 0 Å². The number of anilines is 1. The van der Waals surface area contributed by atoms with Gasteiger partial charge in [0.15, 0.2) is 0 Å². The number of nitrogens with one attached hydrogen (secondary N) is 1. The minimum Gasteiger partial charge on any atom is -0.382 e. The van der Waals surface area contributed by atoms with Gasteiger partial charge in [0.1, 0.15) is 0 Å². The average molecular weight is 278 g/mol. The fraction of sp³-hybridized carbons (Fsp3) is 0.400. The summed E-state index contributed by atoms with van der Waals surface area (Å²) in [5, 5.41) is 2.78. The Kier molecular flexibility index (Phi) is 7.57. The number of carbonyl (C=O) groups is 1. The fourth-order valence-corrected chi connectivity index (χ4v) is 1.59. The predicted octanol–water partition coefficient (Wildman–Crippen LogP) is 1.69. The molecule has 0 bridgehead atoms. The van der Waals surface area contributed by atoms with Gasteiger partial charge in [0.05, 0.1) is 25.9 Å². The van der Waals surface area contributed by atoms with Gasteiger partial charge in [-0.05, 0) is 24.1 Å². The molecule has 1 unspecified atom stereocenters. The molecule has 1 aromatic rings. The summed E-state index contributed by atoms with van der Waals surface area (Å²) in [5.74, 6) is -0.220. The first-order valence-electron chi connectivity index (χ1n) is 6.50. The lowest BCUT2D eigenvalue weighted by molar-refractivity contribution is -0.117. The van der Waals surface area contributed by atoms with E-state index < -0.39 is 6.04 Å². The number of hydrogen-bond acceptors (Lipinski definition) is 4. The van der Waals surface area contributed by atoms with Gasteiger partial charge in [-0.1, -0.05) is 18.2 Å². The van der Waals surface area contributed by atoms with Gasteiger partial charge in [-0.25, -0.2) is 0 Å². The molecule has 0 aromatic heterocycles. The highest BCUT2D eigenvalue weighted by Gasteiger charge is 2.11. The van der Waals surface area contributed by atoms with E-state index in [1.807, 2.05) is 24.3 Å². The van der Waals surface area contributed by atoms with E-state index in [0.29, 0.717) is 31.9 Å². The normalized spacial score (nSPS) is 11.9. The third-order valence-corrected chi connectivity index (χ3v) is 2.65. The highest BCUT2D eigenvalue weighted by Crippen LogP contribution is 2.12. The van der Waals surface area contributed by atoms with Crippen LogP contribution in [0.2, 0.25) is 0 Å². The number of rotatable bonds is 9. The molecule has 0 saturated carbocycles. The average Bonchev–Trinajstić information content (AvgIpc) is 2.44. The van der Waals surface area contributed by atoms with Crippen molar-refractivity contribution in [3.05, 3.63) is 42.5 Å². The summed E-state index contributed by atoms with van der Waals surface area (Å²) in [6.07, 6.45) is 2.08. The summed E-state index contributed by atoms with van der Waals surface area (Å²) < 4.78 is 10.3. The van der Waals surface area contributed by atoms with Gasteiger partial charge in [0.2, 0.25) is 5.91 Å². The van der Waals surface area contributed by atoms with E-state index in [0.717, 1.165) is 5.56 Å². The number of methoxy groups -OCH3 is 1. The van der Waals surface area contributed by atoms with Crippen LogP contribution in [0.4, 0.5) is 5.69 Å². The number of amides is 1. The standard InChI is InChI=1S/C15H22N2O3/c1-3-5-14(16)15(18)17-13-7-4-6-12(10-13)11-20-9-8-19-2/h3-4,6-7,10,14H,1,5,8-9,11,16H2,2H3,(H,17,18). The zero-order valence-electron chi connectivity index (χ0n) is 11.8. The first-order valence-corrected chi connectivity index (χ1v) is 6.50. The summed E-state index contributed by atoms with van der Waals surface area (Å²) in [7, 11) is 1.63. The molecular formula is C15H22N2O3. The van der Waals surface area contributed by atoms with Gasteiger partial charge in [0, 0.05) is 12.8 Å². The van der Waals surface area contributed by atoms with E-state index in [1.165, 1.54) is 0 Å². The SMILES string of the molecule is C=CCC(N)C(=O)Nc1cccc(COCCOC)c1. The molecule has 1 amide bonds. The van der Waals surface area contributed by atoms with E-state index in [-0.39, 0.29) is 5.91 Å². The molecule has 0 aliphatic rings. The Morgan fingerprint density at radius 2 is 2.30 bits per heavy atom. The van der Waals surface area contributed by atoms with Crippen LogP contribution in [-0.4, -0.2) is 32.3 Å². The van der Waals surface area contributed by atoms with Gasteiger partial charge >= 0.3 is 0 Å². The third kappa shape index (κ3) is 5.97. The van der Waals surface area contributed by atoms with Gasteiger partial charge in [-0.3, -0.25) is 4.79 Å². The van der Waals surface area contributed by atoms with E-state index in [4.69, 9.17) is 15.2 Å². The molecular weight excluding hydrogens is 256 g/mol. The lowest BCUT2D eigenvalue weighted by Gasteiger charge is -2.11. The van der Waals surface area contributed by atoms with Gasteiger partial charge in [0.25, 0.3) is 0 Å². The monoisotopic (exact) mass is 278 g/mol. The first-order chi connectivity index (χ1) is 9.67. The van der Waals surface area contributed by atoms with Crippen LogP contribution in [0.25, 0.3) is 0 Å². The topological polar surface area (TPSA) is 73.6 Å². The van der Waals surface area contributed by atoms with Crippen LogP contribution < -0.4 is 11.1 Å².